The van der Waals surface area contributed by atoms with Gasteiger partial charge in [-0.15, -0.1) is 0 Å². The van der Waals surface area contributed by atoms with Gasteiger partial charge in [0, 0.05) is 12.5 Å². The predicted octanol–water partition coefficient (Wildman–Crippen LogP) is 3.83. The van der Waals surface area contributed by atoms with Gasteiger partial charge in [0.25, 0.3) is 5.69 Å². The van der Waals surface area contributed by atoms with Crippen molar-refractivity contribution in [2.75, 3.05) is 0 Å². The van der Waals surface area contributed by atoms with E-state index in [0.29, 0.717) is 17.9 Å². The van der Waals surface area contributed by atoms with Crippen molar-refractivity contribution in [1.29, 1.82) is 0 Å². The van der Waals surface area contributed by atoms with Gasteiger partial charge in [-0.2, -0.15) is 4.74 Å². The molecule has 0 saturated heterocycles. The Morgan fingerprint density at radius 1 is 1.00 bits per heavy atom. The summed E-state index contributed by atoms with van der Waals surface area (Å²) in [6.07, 6.45) is 0.665. The molecule has 2 aromatic rings. The maximum atomic E-state index is 12.4. The molecule has 18 heavy (non-hydrogen) atoms. The van der Waals surface area contributed by atoms with Crippen LogP contribution in [0, 0.1) is 5.21 Å². The number of hydrogen-bond acceptors (Lipinski definition) is 2. The van der Waals surface area contributed by atoms with Crippen molar-refractivity contribution in [2.45, 2.75) is 13.3 Å². The minimum atomic E-state index is 0.561. The average molecular weight is 239 g/mol. The van der Waals surface area contributed by atoms with Crippen LogP contribution in [0.3, 0.4) is 0 Å². The molecule has 0 bridgehead atoms. The van der Waals surface area contributed by atoms with Crippen LogP contribution in [0.4, 0.5) is 5.69 Å². The van der Waals surface area contributed by atoms with E-state index in [1.54, 1.807) is 6.07 Å². The lowest BCUT2D eigenvalue weighted by atomic mass is 10.1. The van der Waals surface area contributed by atoms with E-state index in [1.807, 2.05) is 49.4 Å². The van der Waals surface area contributed by atoms with Crippen molar-refractivity contribution in [2.24, 2.45) is 0 Å². The van der Waals surface area contributed by atoms with Crippen LogP contribution >= 0.6 is 0 Å². The number of para-hydroxylation sites is 3. The predicted molar refractivity (Wildman–Crippen MR) is 70.6 cm³/mol. The van der Waals surface area contributed by atoms with E-state index in [-0.39, 0.29) is 0 Å². The molecule has 1 aliphatic heterocycles. The highest BCUT2D eigenvalue weighted by atomic mass is 16.5. The monoisotopic (exact) mass is 239 g/mol. The summed E-state index contributed by atoms with van der Waals surface area (Å²) in [6, 6.07) is 14.9. The fraction of sp³-hybridized carbons (Fsp3) is 0.133. The molecule has 0 N–H and O–H groups in total. The van der Waals surface area contributed by atoms with Gasteiger partial charge >= 0.3 is 0 Å². The molecule has 0 saturated carbocycles. The minimum Gasteiger partial charge on any atom is -0.618 e. The quantitative estimate of drug-likeness (QED) is 0.560. The zero-order valence-electron chi connectivity index (χ0n) is 10.1. The lowest BCUT2D eigenvalue weighted by molar-refractivity contribution is -0.361. The summed E-state index contributed by atoms with van der Waals surface area (Å²) < 4.78 is 6.82. The Balaban J connectivity index is 2.33. The topological polar surface area (TPSA) is 35.3 Å². The third-order valence-electron chi connectivity index (χ3n) is 3.08. The summed E-state index contributed by atoms with van der Waals surface area (Å²) in [5, 5.41) is 12.4. The molecule has 2 aromatic carbocycles. The first-order valence-corrected chi connectivity index (χ1v) is 6.00. The lowest BCUT2D eigenvalue weighted by Crippen LogP contribution is -2.11. The van der Waals surface area contributed by atoms with Crippen molar-refractivity contribution in [3.05, 3.63) is 59.3 Å². The molecule has 90 valence electrons. The van der Waals surface area contributed by atoms with Crippen LogP contribution in [0.5, 0.6) is 11.5 Å². The van der Waals surface area contributed by atoms with E-state index < -0.39 is 0 Å². The van der Waals surface area contributed by atoms with Gasteiger partial charge in [-0.25, -0.2) is 0 Å². The Kier molecular flexibility index (Phi) is 2.52. The Bertz CT molecular complexity index is 632. The molecule has 3 rings (SSSR count). The highest BCUT2D eigenvalue weighted by molar-refractivity contribution is 6.00. The molecule has 0 atom stereocenters. The van der Waals surface area contributed by atoms with Gasteiger partial charge in [0.1, 0.15) is 5.75 Å². The first kappa shape index (κ1) is 10.8. The Morgan fingerprint density at radius 3 is 2.44 bits per heavy atom. The van der Waals surface area contributed by atoms with Crippen LogP contribution in [0.15, 0.2) is 48.5 Å². The summed E-state index contributed by atoms with van der Waals surface area (Å²) in [5.41, 5.74) is 2.16. The van der Waals surface area contributed by atoms with Crippen molar-refractivity contribution in [3.8, 4) is 11.5 Å². The highest BCUT2D eigenvalue weighted by Gasteiger charge is 2.24. The van der Waals surface area contributed by atoms with E-state index in [2.05, 4.69) is 0 Å². The fourth-order valence-electron chi connectivity index (χ4n) is 2.21. The first-order valence-electron chi connectivity index (χ1n) is 6.00. The van der Waals surface area contributed by atoms with E-state index >= 15 is 0 Å². The molecule has 0 radical (unpaired) electrons. The molecule has 1 heterocycles. The third kappa shape index (κ3) is 1.56. The van der Waals surface area contributed by atoms with Gasteiger partial charge in [0.2, 0.25) is 5.71 Å². The van der Waals surface area contributed by atoms with E-state index in [0.717, 1.165) is 21.8 Å². The Morgan fingerprint density at radius 2 is 1.67 bits per heavy atom. The number of nitrogens with zero attached hydrogens (tertiary/aromatic N) is 1. The normalized spacial score (nSPS) is 13.4. The summed E-state index contributed by atoms with van der Waals surface area (Å²) in [6.45, 7) is 1.98. The van der Waals surface area contributed by atoms with E-state index in [4.69, 9.17) is 4.74 Å². The summed E-state index contributed by atoms with van der Waals surface area (Å²) in [5.74, 6) is 1.34. The van der Waals surface area contributed by atoms with Crippen molar-refractivity contribution < 1.29 is 9.48 Å². The van der Waals surface area contributed by atoms with E-state index in [1.165, 1.54) is 0 Å². The third-order valence-corrected chi connectivity index (χ3v) is 3.08. The van der Waals surface area contributed by atoms with Crippen LogP contribution < -0.4 is 4.74 Å². The van der Waals surface area contributed by atoms with Crippen molar-refractivity contribution >= 4 is 11.4 Å². The van der Waals surface area contributed by atoms with Gasteiger partial charge < -0.3 is 9.94 Å². The summed E-state index contributed by atoms with van der Waals surface area (Å²) in [4.78, 5) is 0. The van der Waals surface area contributed by atoms with Crippen LogP contribution in [0.1, 0.15) is 18.9 Å². The number of benzene rings is 2. The molecule has 3 heteroatoms. The standard InChI is InChI=1S/C15H13NO2/c1-2-12-11-7-3-5-9-14(11)18-15-10-6-4-8-13(15)16(12)17/h3-10H,2H2,1H3. The summed E-state index contributed by atoms with van der Waals surface area (Å²) >= 11 is 0. The average Bonchev–Trinajstić information content (AvgIpc) is 2.53. The molecular weight excluding hydrogens is 226 g/mol. The number of rotatable bonds is 1. The van der Waals surface area contributed by atoms with Gasteiger partial charge in [-0.3, -0.25) is 0 Å². The van der Waals surface area contributed by atoms with Crippen LogP contribution in [0.25, 0.3) is 0 Å². The number of hydrogen-bond donors (Lipinski definition) is 0. The highest BCUT2D eigenvalue weighted by Crippen LogP contribution is 2.36. The van der Waals surface area contributed by atoms with Gasteiger partial charge in [-0.05, 0) is 18.2 Å². The van der Waals surface area contributed by atoms with Gasteiger partial charge in [0.15, 0.2) is 5.75 Å². The van der Waals surface area contributed by atoms with Gasteiger partial charge in [0.05, 0.1) is 5.56 Å². The first-order chi connectivity index (χ1) is 8.81. The SMILES string of the molecule is CCC1=[N+]([O-])c2ccccc2Oc2ccccc21. The number of ether oxygens (including phenoxy) is 1. The molecule has 3 nitrogen and oxygen atoms in total. The van der Waals surface area contributed by atoms with Crippen molar-refractivity contribution in [3.63, 3.8) is 0 Å². The van der Waals surface area contributed by atoms with Crippen molar-refractivity contribution in [1.82, 2.24) is 0 Å². The maximum Gasteiger partial charge on any atom is 0.259 e. The second kappa shape index (κ2) is 4.18. The largest absolute Gasteiger partial charge is 0.618 e. The second-order valence-corrected chi connectivity index (χ2v) is 4.16. The summed E-state index contributed by atoms with van der Waals surface area (Å²) in [7, 11) is 0. The second-order valence-electron chi connectivity index (χ2n) is 4.16. The molecule has 0 unspecified atom stereocenters. The zero-order valence-corrected chi connectivity index (χ0v) is 10.1. The van der Waals surface area contributed by atoms with Crippen LogP contribution in [-0.4, -0.2) is 10.5 Å². The zero-order chi connectivity index (χ0) is 12.5. The lowest BCUT2D eigenvalue weighted by Gasteiger charge is -2.07. The molecule has 0 aromatic heterocycles. The molecular formula is C15H13NO2. The molecule has 0 aliphatic carbocycles. The smallest absolute Gasteiger partial charge is 0.259 e. The van der Waals surface area contributed by atoms with E-state index in [9.17, 15) is 5.21 Å². The van der Waals surface area contributed by atoms with Crippen LogP contribution in [-0.2, 0) is 0 Å². The molecule has 1 aliphatic rings. The Labute approximate surface area is 106 Å². The minimum absolute atomic E-state index is 0.561. The van der Waals surface area contributed by atoms with Gasteiger partial charge in [-0.1, -0.05) is 31.2 Å². The maximum absolute atomic E-state index is 12.4. The molecule has 0 amide bonds. The van der Waals surface area contributed by atoms with Crippen LogP contribution in [0.2, 0.25) is 0 Å². The molecule has 0 fully saturated rings. The fourth-order valence-corrected chi connectivity index (χ4v) is 2.21. The Hall–Kier alpha value is -2.29. The number of fused-ring (bicyclic) bond motifs is 2. The molecule has 0 spiro atoms.